The second-order valence-electron chi connectivity index (χ2n) is 19.0. The van der Waals surface area contributed by atoms with Crippen LogP contribution in [0.4, 0.5) is 0 Å². The minimum Gasteiger partial charge on any atom is -0.393 e. The van der Waals surface area contributed by atoms with Crippen LogP contribution < -0.4 is 22.1 Å². The van der Waals surface area contributed by atoms with Crippen LogP contribution in [0.1, 0.15) is 158 Å². The summed E-state index contributed by atoms with van der Waals surface area (Å²) in [5, 5.41) is 26.1. The van der Waals surface area contributed by atoms with Gasteiger partial charge >= 0.3 is 0 Å². The van der Waals surface area contributed by atoms with Gasteiger partial charge in [-0.3, -0.25) is 28.3 Å². The summed E-state index contributed by atoms with van der Waals surface area (Å²) in [6.07, 6.45) is 10.6. The Kier molecular flexibility index (Phi) is 26.7. The highest BCUT2D eigenvalue weighted by atomic mass is 31.2. The molecule has 0 aromatic rings. The van der Waals surface area contributed by atoms with Crippen molar-refractivity contribution in [2.45, 2.75) is 194 Å². The Bertz CT molecular complexity index is 1290. The van der Waals surface area contributed by atoms with Crippen LogP contribution in [0, 0.1) is 35.5 Å². The van der Waals surface area contributed by atoms with Crippen LogP contribution in [-0.2, 0) is 28.3 Å². The average molecular weight is 893 g/mol. The summed E-state index contributed by atoms with van der Waals surface area (Å²) < 4.78 is 25.1. The Morgan fingerprint density at radius 2 is 0.883 bits per heavy atom. The first kappa shape index (κ1) is 56.5. The predicted molar refractivity (Wildman–Crippen MR) is 241 cm³/mol. The molecule has 10 atom stereocenters. The van der Waals surface area contributed by atoms with E-state index < -0.39 is 51.1 Å². The van der Waals surface area contributed by atoms with Gasteiger partial charge in [0.25, 0.3) is 0 Å². The van der Waals surface area contributed by atoms with Crippen molar-refractivity contribution < 1.29 is 48.3 Å². The predicted octanol–water partition coefficient (Wildman–Crippen LogP) is 6.12. The molecule has 10 N–H and O–H groups in total. The van der Waals surface area contributed by atoms with Crippen LogP contribution in [0.15, 0.2) is 0 Å². The monoisotopic (exact) mass is 893 g/mol. The van der Waals surface area contributed by atoms with Gasteiger partial charge in [0.2, 0.25) is 26.6 Å². The number of amides is 2. The van der Waals surface area contributed by atoms with E-state index >= 15 is 0 Å². The Hall–Kier alpha value is -1.50. The number of nitrogens with one attached hydrogen (secondary N) is 2. The van der Waals surface area contributed by atoms with E-state index in [0.717, 1.165) is 51.4 Å². The van der Waals surface area contributed by atoms with E-state index in [1.54, 1.807) is 0 Å². The molecule has 2 fully saturated rings. The van der Waals surface area contributed by atoms with Crippen LogP contribution in [0.25, 0.3) is 0 Å². The molecular weight excluding hydrogens is 806 g/mol. The van der Waals surface area contributed by atoms with Gasteiger partial charge in [0.05, 0.1) is 48.7 Å². The van der Waals surface area contributed by atoms with Crippen molar-refractivity contribution in [1.29, 1.82) is 0 Å². The van der Waals surface area contributed by atoms with Gasteiger partial charge in [-0.15, -0.1) is 0 Å². The van der Waals surface area contributed by atoms with Gasteiger partial charge < -0.3 is 42.1 Å². The fourth-order valence-electron chi connectivity index (χ4n) is 8.12. The van der Waals surface area contributed by atoms with Crippen LogP contribution in [0.5, 0.6) is 0 Å². The van der Waals surface area contributed by atoms with Crippen LogP contribution in [0.3, 0.4) is 0 Å². The zero-order valence-corrected chi connectivity index (χ0v) is 40.1. The maximum Gasteiger partial charge on any atom is 0.237 e. The van der Waals surface area contributed by atoms with Crippen LogP contribution >= 0.6 is 14.7 Å². The first-order valence-electron chi connectivity index (χ1n) is 23.1. The second kappa shape index (κ2) is 28.3. The number of rotatable bonds is 26. The summed E-state index contributed by atoms with van der Waals surface area (Å²) in [6.45, 7) is 15.1. The largest absolute Gasteiger partial charge is 0.393 e. The number of hydrogen-bond acceptors (Lipinski definition) is 10. The van der Waals surface area contributed by atoms with E-state index in [-0.39, 0.29) is 109 Å². The normalized spacial score (nSPS) is 21.5. The van der Waals surface area contributed by atoms with Gasteiger partial charge in [-0.2, -0.15) is 0 Å². The lowest BCUT2D eigenvalue weighted by Crippen LogP contribution is -2.52. The Morgan fingerprint density at radius 3 is 1.15 bits per heavy atom. The third kappa shape index (κ3) is 22.2. The van der Waals surface area contributed by atoms with Gasteiger partial charge in [-0.25, -0.2) is 0 Å². The number of carbonyl (C=O) groups is 4. The Balaban J connectivity index is 0.000000600. The molecule has 2 rings (SSSR count). The summed E-state index contributed by atoms with van der Waals surface area (Å²) in [7, 11) is -6.84. The molecule has 0 heterocycles. The van der Waals surface area contributed by atoms with E-state index in [2.05, 4.69) is 10.6 Å². The van der Waals surface area contributed by atoms with Crippen molar-refractivity contribution in [2.75, 3.05) is 24.6 Å². The molecule has 0 aromatic heterocycles. The number of aliphatic hydroxyl groups excluding tert-OH is 2. The molecule has 2 aliphatic carbocycles. The molecule has 4 unspecified atom stereocenters. The molecule has 2 amide bonds. The maximum absolute atomic E-state index is 12.8. The van der Waals surface area contributed by atoms with Gasteiger partial charge in [0, 0.05) is 25.2 Å². The molecular formula is C44H86N4O10P2. The van der Waals surface area contributed by atoms with Gasteiger partial charge in [0.1, 0.15) is 0 Å². The summed E-state index contributed by atoms with van der Waals surface area (Å²) in [4.78, 5) is 70.8. The molecule has 352 valence electrons. The molecule has 0 spiro atoms. The zero-order chi connectivity index (χ0) is 45.8. The molecule has 16 heteroatoms. The molecule has 60 heavy (non-hydrogen) atoms. The topological polar surface area (TPSA) is 259 Å². The van der Waals surface area contributed by atoms with Gasteiger partial charge in [0.15, 0.2) is 11.6 Å². The van der Waals surface area contributed by atoms with E-state index in [1.807, 2.05) is 55.4 Å². The molecule has 14 nitrogen and oxygen atoms in total. The van der Waals surface area contributed by atoms with Crippen molar-refractivity contribution in [3.63, 3.8) is 0 Å². The number of Topliss-reactive ketones (excluding diaryl/α,β-unsaturated/α-hetero) is 2. The van der Waals surface area contributed by atoms with Crippen molar-refractivity contribution in [3.8, 4) is 0 Å². The number of carbonyl (C=O) groups excluding carboxylic acids is 4. The SMILES string of the molecule is CCC(C)[C@@H](NC(=O)[C@@H](N)C(C)C)C(=O)CC[C@@H](O)CP(=O)(O)CC1CCCCC1.CCC(C)[C@H](NC(=O)[C@@H](N)C(C)C)C(=O)CC[C@@H](O)CP(=O)(O)CC1CCCCC1. The van der Waals surface area contributed by atoms with Crippen LogP contribution in [0.2, 0.25) is 0 Å². The first-order chi connectivity index (χ1) is 27.9. The standard InChI is InChI=1S/2C22H43N2O5P/c2*1-5-16(4)21(24-22(27)20(23)15(2)3)19(26)12-11-18(25)14-30(28,29)13-17-9-7-6-8-10-17/h2*15-18,20-21,25H,5-14,23H2,1-4H3,(H,24,27)(H,28,29)/t16?,18-,20+,21+;16?,18-,20+,21-/m11/s1. The van der Waals surface area contributed by atoms with Crippen molar-refractivity contribution >= 4 is 38.1 Å². The average Bonchev–Trinajstić information content (AvgIpc) is 3.18. The minimum atomic E-state index is -3.42. The Morgan fingerprint density at radius 1 is 0.583 bits per heavy atom. The first-order valence-corrected chi connectivity index (χ1v) is 27.1. The van der Waals surface area contributed by atoms with Crippen molar-refractivity contribution in [3.05, 3.63) is 0 Å². The zero-order valence-electron chi connectivity index (χ0n) is 38.4. The summed E-state index contributed by atoms with van der Waals surface area (Å²) in [5.41, 5.74) is 11.8. The highest BCUT2D eigenvalue weighted by molar-refractivity contribution is 7.58. The smallest absolute Gasteiger partial charge is 0.237 e. The quantitative estimate of drug-likeness (QED) is 0.0457. The van der Waals surface area contributed by atoms with E-state index in [1.165, 1.54) is 12.8 Å². The molecule has 0 bridgehead atoms. The van der Waals surface area contributed by atoms with Gasteiger partial charge in [-0.05, 0) is 74.0 Å². The number of aliphatic hydroxyl groups is 2. The second-order valence-corrected chi connectivity index (χ2v) is 23.9. The molecule has 0 radical (unpaired) electrons. The number of nitrogens with two attached hydrogens (primary N) is 2. The summed E-state index contributed by atoms with van der Waals surface area (Å²) >= 11 is 0. The van der Waals surface area contributed by atoms with Crippen molar-refractivity contribution in [2.24, 2.45) is 47.0 Å². The number of ketones is 2. The van der Waals surface area contributed by atoms with E-state index in [0.29, 0.717) is 12.8 Å². The number of hydrogen-bond donors (Lipinski definition) is 8. The third-order valence-electron chi connectivity index (χ3n) is 12.7. The highest BCUT2D eigenvalue weighted by Crippen LogP contribution is 2.47. The fraction of sp³-hybridized carbons (Fsp3) is 0.909. The molecule has 2 aliphatic rings. The van der Waals surface area contributed by atoms with Crippen molar-refractivity contribution in [1.82, 2.24) is 10.6 Å². The fourth-order valence-corrected chi connectivity index (χ4v) is 12.4. The maximum atomic E-state index is 12.8. The lowest BCUT2D eigenvalue weighted by atomic mass is 9.91. The summed E-state index contributed by atoms with van der Waals surface area (Å²) in [6, 6.07) is -2.70. The molecule has 0 aromatic carbocycles. The summed E-state index contributed by atoms with van der Waals surface area (Å²) in [5.74, 6) is -0.725. The van der Waals surface area contributed by atoms with E-state index in [4.69, 9.17) is 11.5 Å². The lowest BCUT2D eigenvalue weighted by Gasteiger charge is -2.27. The highest BCUT2D eigenvalue weighted by Gasteiger charge is 2.33. The molecule has 0 aliphatic heterocycles. The molecule has 0 saturated heterocycles. The minimum absolute atomic E-state index is 0.0395. The van der Waals surface area contributed by atoms with Gasteiger partial charge in [-0.1, -0.05) is 107 Å². The van der Waals surface area contributed by atoms with E-state index in [9.17, 15) is 48.3 Å². The lowest BCUT2D eigenvalue weighted by molar-refractivity contribution is -0.130. The molecule has 2 saturated carbocycles. The third-order valence-corrected chi connectivity index (χ3v) is 16.9. The van der Waals surface area contributed by atoms with Crippen LogP contribution in [-0.4, -0.2) is 104 Å². The Labute approximate surface area is 362 Å².